The molecule has 16 rings (SSSR count). The van der Waals surface area contributed by atoms with Gasteiger partial charge < -0.3 is 71.4 Å². The van der Waals surface area contributed by atoms with Gasteiger partial charge in [-0.15, -0.1) is 0 Å². The molecule has 25 heteroatoms. The molecule has 5 aromatic carbocycles. The first kappa shape index (κ1) is 70.3. The lowest BCUT2D eigenvalue weighted by Gasteiger charge is -2.27. The highest BCUT2D eigenvalue weighted by molar-refractivity contribution is 6.01. The number of phenolic OH excluding ortho intramolecular Hbond substituents is 3. The number of nitrogens with zero attached hydrogens (tertiary/aromatic N) is 5. The van der Waals surface area contributed by atoms with Gasteiger partial charge in [-0.2, -0.15) is 0 Å². The Morgan fingerprint density at radius 3 is 1.01 bits per heavy atom. The van der Waals surface area contributed by atoms with Crippen molar-refractivity contribution in [2.75, 3.05) is 74.1 Å². The molecule has 6 aliphatic heterocycles. The van der Waals surface area contributed by atoms with E-state index in [-0.39, 0.29) is 68.9 Å². The highest BCUT2D eigenvalue weighted by Gasteiger charge is 2.31. The number of likely N-dealkylation sites (N-methyl/N-ethyl adjacent to an activating group) is 4. The Balaban J connectivity index is 0.000000120. The fraction of sp³-hybridized carbons (Fsp3) is 0.342. The number of fused-ring (bicyclic) bond motifs is 15. The zero-order valence-electron chi connectivity index (χ0n) is 56.9. The lowest BCUT2D eigenvalue weighted by Crippen LogP contribution is -2.37. The van der Waals surface area contributed by atoms with Crippen LogP contribution in [0.5, 0.6) is 17.2 Å². The first-order valence-electron chi connectivity index (χ1n) is 33.1. The zero-order chi connectivity index (χ0) is 71.8. The average Bonchev–Trinajstić information content (AvgIpc) is 0.789. The third kappa shape index (κ3) is 13.7. The predicted octanol–water partition coefficient (Wildman–Crippen LogP) is 8.24. The van der Waals surface area contributed by atoms with Crippen LogP contribution in [0, 0.1) is 13.8 Å². The van der Waals surface area contributed by atoms with Crippen LogP contribution in [0.1, 0.15) is 133 Å². The number of aldehydes is 4. The number of benzene rings is 5. The summed E-state index contributed by atoms with van der Waals surface area (Å²) in [6.45, 7) is 12.9. The topological polar surface area (TPSA) is 332 Å². The van der Waals surface area contributed by atoms with Crippen molar-refractivity contribution in [1.82, 2.24) is 24.5 Å². The van der Waals surface area contributed by atoms with Crippen molar-refractivity contribution in [3.63, 3.8) is 0 Å². The van der Waals surface area contributed by atoms with Gasteiger partial charge in [0.15, 0.2) is 48.2 Å². The van der Waals surface area contributed by atoms with Crippen molar-refractivity contribution in [3.05, 3.63) is 207 Å². The molecule has 0 radical (unpaired) electrons. The second kappa shape index (κ2) is 29.3. The van der Waals surface area contributed by atoms with E-state index in [1.807, 2.05) is 77.3 Å². The Morgan fingerprint density at radius 1 is 0.386 bits per heavy atom. The van der Waals surface area contributed by atoms with E-state index in [0.29, 0.717) is 120 Å². The molecule has 0 unspecified atom stereocenters. The molecule has 524 valence electrons. The van der Waals surface area contributed by atoms with Crippen LogP contribution in [0.25, 0.3) is 54.8 Å². The molecule has 1 amide bonds. The summed E-state index contributed by atoms with van der Waals surface area (Å²) in [5, 5.41) is 33.6. The largest absolute Gasteiger partial charge is 0.507 e. The molecular weight excluding hydrogens is 1300 g/mol. The van der Waals surface area contributed by atoms with Crippen LogP contribution in [0.3, 0.4) is 0 Å². The molecule has 10 aromatic rings. The van der Waals surface area contributed by atoms with Crippen molar-refractivity contribution in [1.29, 1.82) is 0 Å². The van der Waals surface area contributed by atoms with Crippen LogP contribution in [-0.2, 0) is 79.1 Å². The number of phenols is 3. The van der Waals surface area contributed by atoms with Crippen LogP contribution >= 0.6 is 0 Å². The highest BCUT2D eigenvalue weighted by Crippen LogP contribution is 2.39. The van der Waals surface area contributed by atoms with E-state index in [9.17, 15) is 63.3 Å². The molecule has 0 saturated carbocycles. The van der Waals surface area contributed by atoms with Crippen LogP contribution in [0.4, 0.5) is 0 Å². The summed E-state index contributed by atoms with van der Waals surface area (Å²) in [5.74, 6) is -0.458. The minimum atomic E-state index is -0.695. The Kier molecular flexibility index (Phi) is 20.4. The molecule has 0 spiro atoms. The molecule has 1 saturated heterocycles. The van der Waals surface area contributed by atoms with Gasteiger partial charge in [0.25, 0.3) is 0 Å². The first-order chi connectivity index (χ1) is 48.5. The van der Waals surface area contributed by atoms with Crippen molar-refractivity contribution in [2.24, 2.45) is 0 Å². The number of aryl methyl sites for hydroxylation is 2. The third-order valence-electron chi connectivity index (χ3n) is 19.6. The van der Waals surface area contributed by atoms with Crippen molar-refractivity contribution < 1.29 is 70.9 Å². The first-order valence-corrected chi connectivity index (χ1v) is 33.1. The van der Waals surface area contributed by atoms with Gasteiger partial charge in [-0.3, -0.25) is 24.0 Å². The van der Waals surface area contributed by atoms with E-state index in [2.05, 4.69) is 14.7 Å². The highest BCUT2D eigenvalue weighted by atomic mass is 16.7. The summed E-state index contributed by atoms with van der Waals surface area (Å²) < 4.78 is 38.0. The Morgan fingerprint density at radius 2 is 0.673 bits per heavy atom. The summed E-state index contributed by atoms with van der Waals surface area (Å²) in [6.07, 6.45) is 6.30. The molecule has 11 heterocycles. The minimum absolute atomic E-state index is 0.0265. The summed E-state index contributed by atoms with van der Waals surface area (Å²) in [4.78, 5) is 127. The molecule has 0 aliphatic carbocycles. The number of ether oxygens (including phenoxy) is 2. The second-order valence-electron chi connectivity index (χ2n) is 26.2. The second-order valence-corrected chi connectivity index (χ2v) is 26.2. The maximum absolute atomic E-state index is 12.4. The van der Waals surface area contributed by atoms with Gasteiger partial charge in [-0.25, -0.2) is 24.0 Å². The Labute approximate surface area is 575 Å². The van der Waals surface area contributed by atoms with E-state index in [0.717, 1.165) is 142 Å². The zero-order valence-corrected chi connectivity index (χ0v) is 56.9. The summed E-state index contributed by atoms with van der Waals surface area (Å²) in [7, 11) is 7.90. The predicted molar refractivity (Wildman–Crippen MR) is 373 cm³/mol. The van der Waals surface area contributed by atoms with Gasteiger partial charge >= 0.3 is 28.1 Å². The van der Waals surface area contributed by atoms with Gasteiger partial charge in [0.1, 0.15) is 28.4 Å². The van der Waals surface area contributed by atoms with Crippen molar-refractivity contribution in [3.8, 4) is 17.2 Å². The SMILES string of the molecule is CC(=O)N1CCc2c(c(=O)oc3c(C=O)c(O)ccc23)C1.CN1CCc2c(c(=O)oc3c(C4OCCCO4)c(O)ccc23)C1.CN1CCc2c(c(=O)oc3c(C=O)c(O)ccc23)C1.Cc1ccc2c3c(c(=O)oc2c1C=O)CN(C)CC3.Cc1ccc2c3c(c(=O)oc2c1C=O)CN(C)CC3. The maximum Gasteiger partial charge on any atom is 0.341 e. The van der Waals surface area contributed by atoms with Gasteiger partial charge in [-0.05, 0) is 156 Å². The van der Waals surface area contributed by atoms with Crippen molar-refractivity contribution >= 4 is 85.9 Å². The quantitative estimate of drug-likeness (QED) is 0.108. The summed E-state index contributed by atoms with van der Waals surface area (Å²) in [6, 6.07) is 17.3. The molecule has 0 bridgehead atoms. The van der Waals surface area contributed by atoms with Crippen LogP contribution in [0.15, 0.2) is 107 Å². The third-order valence-corrected chi connectivity index (χ3v) is 19.6. The maximum atomic E-state index is 12.4. The number of hydrogen-bond donors (Lipinski definition) is 3. The van der Waals surface area contributed by atoms with Crippen LogP contribution < -0.4 is 28.1 Å². The molecule has 6 aliphatic rings. The summed E-state index contributed by atoms with van der Waals surface area (Å²) in [5.41, 5.74) is 10.6. The number of hydrogen-bond acceptors (Lipinski definition) is 24. The van der Waals surface area contributed by atoms with Crippen LogP contribution in [-0.4, -0.2) is 145 Å². The van der Waals surface area contributed by atoms with E-state index >= 15 is 0 Å². The minimum Gasteiger partial charge on any atom is -0.507 e. The van der Waals surface area contributed by atoms with Crippen LogP contribution in [0.2, 0.25) is 0 Å². The Bertz CT molecular complexity index is 5050. The normalized spacial score (nSPS) is 16.2. The van der Waals surface area contributed by atoms with E-state index < -0.39 is 17.5 Å². The fourth-order valence-electron chi connectivity index (χ4n) is 14.1. The number of carbonyl (C=O) groups is 5. The molecule has 0 atom stereocenters. The average molecular weight is 1380 g/mol. The van der Waals surface area contributed by atoms with E-state index in [1.165, 1.54) is 19.1 Å². The molecule has 5 aromatic heterocycles. The van der Waals surface area contributed by atoms with E-state index in [1.54, 1.807) is 23.1 Å². The number of rotatable bonds is 5. The standard InChI is InChI=1S/C17H19NO5.C15H13NO5.2C15H15NO3.C14H13NO4/c1-18-6-5-10-11-3-4-13(19)14(17-21-7-2-8-22-17)15(11)23-16(20)12(10)9-18;1-8(18)16-5-4-9-10-2-3-13(19)12(7-17)14(10)21-15(20)11(9)6-16;2*1-9-3-4-11-10-5-6-16(2)7-12(10)15(18)19-14(11)13(9)8-17;1-15-5-4-8-9-2-3-12(17)11(7-16)13(9)19-14(18)10(8)6-15/h3-4,17,19H,2,5-9H2,1H3;2-3,7,19H,4-6H2,1H3;2*3-4,8H,5-7H2,1-2H3;2-3,7,17H,4-6H2,1H3. The van der Waals surface area contributed by atoms with Gasteiger partial charge in [0.05, 0.1) is 75.4 Å². The Hall–Kier alpha value is -10.5. The number of aromatic hydroxyl groups is 3. The van der Waals surface area contributed by atoms with E-state index in [4.69, 9.17) is 31.6 Å². The molecule has 25 nitrogen and oxygen atoms in total. The monoisotopic (exact) mass is 1380 g/mol. The van der Waals surface area contributed by atoms with Crippen molar-refractivity contribution in [2.45, 2.75) is 98.3 Å². The lowest BCUT2D eigenvalue weighted by molar-refractivity contribution is -0.183. The molecule has 3 N–H and O–H groups in total. The smallest absolute Gasteiger partial charge is 0.341 e. The number of carbonyl (C=O) groups excluding carboxylic acids is 5. The molecule has 1 fully saturated rings. The fourth-order valence-corrected chi connectivity index (χ4v) is 14.1. The summed E-state index contributed by atoms with van der Waals surface area (Å²) >= 11 is 0. The van der Waals surface area contributed by atoms with Gasteiger partial charge in [0.2, 0.25) is 5.91 Å². The number of amides is 1. The molecular formula is C76H75N5O20. The molecule has 101 heavy (non-hydrogen) atoms. The van der Waals surface area contributed by atoms with Gasteiger partial charge in [-0.1, -0.05) is 24.3 Å². The van der Waals surface area contributed by atoms with Gasteiger partial charge in [0, 0.05) is 92.8 Å². The lowest BCUT2D eigenvalue weighted by atomic mass is 9.95.